The van der Waals surface area contributed by atoms with Gasteiger partial charge in [-0.05, 0) is 29.8 Å². The number of fused-ring (bicyclic) bond motifs is 1. The van der Waals surface area contributed by atoms with Crippen molar-refractivity contribution in [2.75, 3.05) is 31.1 Å². The lowest BCUT2D eigenvalue weighted by molar-refractivity contribution is 0.571. The first-order valence-electron chi connectivity index (χ1n) is 10.3. The number of para-hydroxylation sites is 1. The predicted molar refractivity (Wildman–Crippen MR) is 121 cm³/mol. The summed E-state index contributed by atoms with van der Waals surface area (Å²) in [4.78, 5) is 7.21. The third-order valence-corrected chi connectivity index (χ3v) is 5.94. The van der Waals surface area contributed by atoms with Crippen LogP contribution in [0, 0.1) is 11.6 Å². The fourth-order valence-electron chi connectivity index (χ4n) is 4.11. The molecule has 0 bridgehead atoms. The fourth-order valence-corrected chi connectivity index (χ4v) is 4.32. The zero-order valence-corrected chi connectivity index (χ0v) is 17.5. The van der Waals surface area contributed by atoms with E-state index in [9.17, 15) is 8.78 Å². The van der Waals surface area contributed by atoms with Crippen LogP contribution >= 0.6 is 11.6 Å². The summed E-state index contributed by atoms with van der Waals surface area (Å²) >= 11 is 6.02. The Bertz CT molecular complexity index is 1250. The summed E-state index contributed by atoms with van der Waals surface area (Å²) in [5, 5.41) is 3.45. The second kappa shape index (κ2) is 8.29. The second-order valence-corrected chi connectivity index (χ2v) is 8.04. The monoisotopic (exact) mass is 438 g/mol. The molecule has 0 saturated carbocycles. The Balaban J connectivity index is 1.69. The van der Waals surface area contributed by atoms with Gasteiger partial charge in [-0.25, -0.2) is 13.8 Å². The zero-order valence-electron chi connectivity index (χ0n) is 16.8. The van der Waals surface area contributed by atoms with Crippen LogP contribution in [0.2, 0.25) is 5.02 Å². The Morgan fingerprint density at radius 2 is 1.68 bits per heavy atom. The average molecular weight is 439 g/mol. The first kappa shape index (κ1) is 20.0. The van der Waals surface area contributed by atoms with E-state index >= 15 is 0 Å². The predicted octanol–water partition coefficient (Wildman–Crippen LogP) is 5.09. The molecule has 1 aromatic heterocycles. The Morgan fingerprint density at radius 1 is 0.903 bits per heavy atom. The number of aromatic nitrogens is 2. The van der Waals surface area contributed by atoms with E-state index < -0.39 is 5.82 Å². The minimum absolute atomic E-state index is 0.0951. The molecule has 1 saturated heterocycles. The van der Waals surface area contributed by atoms with E-state index in [1.54, 1.807) is 24.3 Å². The van der Waals surface area contributed by atoms with Crippen LogP contribution in [0.5, 0.6) is 0 Å². The quantitative estimate of drug-likeness (QED) is 0.481. The first-order valence-corrected chi connectivity index (χ1v) is 10.6. The SMILES string of the molecule is Fc1ccc(Cn2c(N3CCNCC3)nc3c(-c4ccccc4F)cccc32)cc1Cl. The standard InChI is InChI=1S/C24H21ClF2N4/c25-19-14-16(8-9-21(19)27)15-31-22-7-3-5-18(17-4-1-2-6-20(17)26)23(22)29-24(31)30-12-10-28-11-13-30/h1-9,14,28H,10-13,15H2. The van der Waals surface area contributed by atoms with Crippen molar-refractivity contribution in [1.82, 2.24) is 14.9 Å². The average Bonchev–Trinajstić information content (AvgIpc) is 3.16. The molecule has 0 atom stereocenters. The molecule has 0 aliphatic carbocycles. The Hall–Kier alpha value is -2.96. The van der Waals surface area contributed by atoms with E-state index in [0.717, 1.165) is 54.3 Å². The van der Waals surface area contributed by atoms with Crippen molar-refractivity contribution in [3.8, 4) is 11.1 Å². The van der Waals surface area contributed by atoms with E-state index in [0.29, 0.717) is 12.1 Å². The molecule has 5 rings (SSSR count). The van der Waals surface area contributed by atoms with E-state index in [4.69, 9.17) is 16.6 Å². The molecule has 7 heteroatoms. The highest BCUT2D eigenvalue weighted by Crippen LogP contribution is 2.33. The van der Waals surface area contributed by atoms with Gasteiger partial charge in [-0.2, -0.15) is 0 Å². The molecule has 0 spiro atoms. The first-order chi connectivity index (χ1) is 15.1. The van der Waals surface area contributed by atoms with E-state index in [1.807, 2.05) is 24.3 Å². The van der Waals surface area contributed by atoms with Crippen LogP contribution in [0.4, 0.5) is 14.7 Å². The van der Waals surface area contributed by atoms with Crippen LogP contribution in [0.3, 0.4) is 0 Å². The molecule has 1 fully saturated rings. The van der Waals surface area contributed by atoms with Crippen molar-refractivity contribution in [3.05, 3.63) is 82.9 Å². The van der Waals surface area contributed by atoms with E-state index in [-0.39, 0.29) is 10.8 Å². The Labute approximate surface area is 184 Å². The van der Waals surface area contributed by atoms with Crippen molar-refractivity contribution < 1.29 is 8.78 Å². The molecular formula is C24H21ClF2N4. The van der Waals surface area contributed by atoms with Crippen molar-refractivity contribution in [3.63, 3.8) is 0 Å². The van der Waals surface area contributed by atoms with Gasteiger partial charge in [0.1, 0.15) is 11.6 Å². The third kappa shape index (κ3) is 3.77. The summed E-state index contributed by atoms with van der Waals surface area (Å²) in [7, 11) is 0. The van der Waals surface area contributed by atoms with Gasteiger partial charge in [0, 0.05) is 37.3 Å². The van der Waals surface area contributed by atoms with Crippen LogP contribution in [-0.4, -0.2) is 35.7 Å². The minimum Gasteiger partial charge on any atom is -0.340 e. The molecule has 0 unspecified atom stereocenters. The van der Waals surface area contributed by atoms with Gasteiger partial charge in [-0.15, -0.1) is 0 Å². The van der Waals surface area contributed by atoms with Crippen molar-refractivity contribution in [2.24, 2.45) is 0 Å². The summed E-state index contributed by atoms with van der Waals surface area (Å²) < 4.78 is 30.4. The smallest absolute Gasteiger partial charge is 0.206 e. The molecule has 4 aromatic rings. The molecule has 31 heavy (non-hydrogen) atoms. The normalized spacial score (nSPS) is 14.4. The maximum absolute atomic E-state index is 14.6. The van der Waals surface area contributed by atoms with E-state index in [2.05, 4.69) is 14.8 Å². The number of nitrogens with zero attached hydrogens (tertiary/aromatic N) is 3. The fraction of sp³-hybridized carbons (Fsp3) is 0.208. The van der Waals surface area contributed by atoms with Gasteiger partial charge >= 0.3 is 0 Å². The molecule has 1 N–H and O–H groups in total. The van der Waals surface area contributed by atoms with Gasteiger partial charge in [0.05, 0.1) is 22.6 Å². The lowest BCUT2D eigenvalue weighted by Crippen LogP contribution is -2.44. The molecule has 0 amide bonds. The number of hydrogen-bond acceptors (Lipinski definition) is 3. The van der Waals surface area contributed by atoms with Crippen molar-refractivity contribution >= 4 is 28.6 Å². The van der Waals surface area contributed by atoms with Crippen molar-refractivity contribution in [1.29, 1.82) is 0 Å². The molecule has 1 aliphatic heterocycles. The maximum Gasteiger partial charge on any atom is 0.206 e. The summed E-state index contributed by atoms with van der Waals surface area (Å²) in [5.74, 6) is 0.101. The van der Waals surface area contributed by atoms with E-state index in [1.165, 1.54) is 12.1 Å². The molecule has 0 radical (unpaired) electrons. The summed E-state index contributed by atoms with van der Waals surface area (Å²) in [5.41, 5.74) is 3.79. The van der Waals surface area contributed by atoms with Gasteiger partial charge in [-0.1, -0.05) is 48.0 Å². The minimum atomic E-state index is -0.440. The molecule has 1 aliphatic rings. The number of benzene rings is 3. The van der Waals surface area contributed by atoms with Crippen LogP contribution in [0.1, 0.15) is 5.56 Å². The summed E-state index contributed by atoms with van der Waals surface area (Å²) in [6.45, 7) is 3.86. The lowest BCUT2D eigenvalue weighted by atomic mass is 10.0. The van der Waals surface area contributed by atoms with Crippen LogP contribution in [0.15, 0.2) is 60.7 Å². The van der Waals surface area contributed by atoms with Crippen LogP contribution in [0.25, 0.3) is 22.2 Å². The molecule has 158 valence electrons. The number of halogens is 3. The highest BCUT2D eigenvalue weighted by atomic mass is 35.5. The molecule has 4 nitrogen and oxygen atoms in total. The number of imidazole rings is 1. The summed E-state index contributed by atoms with van der Waals surface area (Å²) in [6, 6.07) is 17.3. The van der Waals surface area contributed by atoms with Crippen molar-refractivity contribution in [2.45, 2.75) is 6.54 Å². The Morgan fingerprint density at radius 3 is 2.45 bits per heavy atom. The Kier molecular flexibility index (Phi) is 5.34. The summed E-state index contributed by atoms with van der Waals surface area (Å²) in [6.07, 6.45) is 0. The molecule has 3 aromatic carbocycles. The number of piperazine rings is 1. The zero-order chi connectivity index (χ0) is 21.4. The van der Waals surface area contributed by atoms with Gasteiger partial charge in [0.15, 0.2) is 0 Å². The number of nitrogens with one attached hydrogen (secondary N) is 1. The number of hydrogen-bond donors (Lipinski definition) is 1. The topological polar surface area (TPSA) is 33.1 Å². The van der Waals surface area contributed by atoms with Crippen LogP contribution < -0.4 is 10.2 Å². The van der Waals surface area contributed by atoms with Gasteiger partial charge in [0.2, 0.25) is 5.95 Å². The molecular weight excluding hydrogens is 418 g/mol. The maximum atomic E-state index is 14.6. The van der Waals surface area contributed by atoms with Gasteiger partial charge in [-0.3, -0.25) is 0 Å². The second-order valence-electron chi connectivity index (χ2n) is 7.64. The van der Waals surface area contributed by atoms with Crippen LogP contribution in [-0.2, 0) is 6.54 Å². The number of rotatable bonds is 4. The largest absolute Gasteiger partial charge is 0.340 e. The van der Waals surface area contributed by atoms with Gasteiger partial charge in [0.25, 0.3) is 0 Å². The highest BCUT2D eigenvalue weighted by Gasteiger charge is 2.22. The lowest BCUT2D eigenvalue weighted by Gasteiger charge is -2.29. The molecule has 2 heterocycles. The highest BCUT2D eigenvalue weighted by molar-refractivity contribution is 6.30. The number of anilines is 1. The van der Waals surface area contributed by atoms with Gasteiger partial charge < -0.3 is 14.8 Å². The third-order valence-electron chi connectivity index (χ3n) is 5.65.